The lowest BCUT2D eigenvalue weighted by atomic mass is 9.75. The fourth-order valence-corrected chi connectivity index (χ4v) is 2.81. The molecule has 4 nitrogen and oxygen atoms in total. The maximum Gasteiger partial charge on any atom is 0.352 e. The number of aromatic amines is 1. The minimum absolute atomic E-state index is 0.0773. The van der Waals surface area contributed by atoms with Crippen LogP contribution in [0.1, 0.15) is 65.7 Å². The van der Waals surface area contributed by atoms with Crippen LogP contribution in [0, 0.1) is 5.41 Å². The van der Waals surface area contributed by atoms with Gasteiger partial charge in [-0.3, -0.25) is 4.79 Å². The lowest BCUT2D eigenvalue weighted by Gasteiger charge is -2.28. The molecule has 1 aliphatic carbocycles. The van der Waals surface area contributed by atoms with Crippen molar-refractivity contribution in [3.05, 3.63) is 22.5 Å². The normalized spacial score (nSPS) is 17.6. The van der Waals surface area contributed by atoms with Crippen molar-refractivity contribution in [3.63, 3.8) is 0 Å². The fourth-order valence-electron chi connectivity index (χ4n) is 2.81. The predicted molar refractivity (Wildman–Crippen MR) is 68.2 cm³/mol. The van der Waals surface area contributed by atoms with E-state index in [1.165, 1.54) is 0 Å². The fraction of sp³-hybridized carbons (Fsp3) is 0.571. The summed E-state index contributed by atoms with van der Waals surface area (Å²) >= 11 is 0. The van der Waals surface area contributed by atoms with Crippen molar-refractivity contribution in [1.82, 2.24) is 4.98 Å². The van der Waals surface area contributed by atoms with Crippen LogP contribution in [0.3, 0.4) is 0 Å². The van der Waals surface area contributed by atoms with Crippen molar-refractivity contribution in [2.24, 2.45) is 5.41 Å². The Morgan fingerprint density at radius 3 is 2.61 bits per heavy atom. The molecule has 98 valence electrons. The third-order valence-electron chi connectivity index (χ3n) is 3.47. The van der Waals surface area contributed by atoms with Gasteiger partial charge in [-0.1, -0.05) is 27.2 Å². The Morgan fingerprint density at radius 1 is 1.39 bits per heavy atom. The summed E-state index contributed by atoms with van der Waals surface area (Å²) in [6.45, 7) is 6.06. The molecule has 0 aromatic carbocycles. The van der Waals surface area contributed by atoms with Gasteiger partial charge in [-0.25, -0.2) is 4.79 Å². The van der Waals surface area contributed by atoms with Gasteiger partial charge in [0.05, 0.1) is 0 Å². The van der Waals surface area contributed by atoms with Gasteiger partial charge in [0.25, 0.3) is 0 Å². The predicted octanol–water partition coefficient (Wildman–Crippen LogP) is 2.82. The molecule has 2 N–H and O–H groups in total. The second-order valence-corrected chi connectivity index (χ2v) is 5.83. The molecule has 0 amide bonds. The van der Waals surface area contributed by atoms with E-state index in [2.05, 4.69) is 4.98 Å². The van der Waals surface area contributed by atoms with Crippen LogP contribution in [0.15, 0.2) is 0 Å². The standard InChI is InChI=1S/C14H19NO3/c1-4-5-8-11-9(15-12(8)13(17)18)6-14(2,3)7-10(11)16/h15H,4-7H2,1-3H3,(H,17,18). The molecule has 0 atom stereocenters. The summed E-state index contributed by atoms with van der Waals surface area (Å²) in [6.07, 6.45) is 2.70. The van der Waals surface area contributed by atoms with E-state index in [-0.39, 0.29) is 16.9 Å². The van der Waals surface area contributed by atoms with Crippen molar-refractivity contribution in [1.29, 1.82) is 0 Å². The number of aromatic nitrogens is 1. The third kappa shape index (κ3) is 2.07. The van der Waals surface area contributed by atoms with E-state index >= 15 is 0 Å². The Labute approximate surface area is 106 Å². The molecule has 0 radical (unpaired) electrons. The van der Waals surface area contributed by atoms with E-state index in [4.69, 9.17) is 0 Å². The molecule has 1 aromatic heterocycles. The number of Topliss-reactive ketones (excluding diaryl/α,β-unsaturated/α-hetero) is 1. The topological polar surface area (TPSA) is 70.2 Å². The Hall–Kier alpha value is -1.58. The van der Waals surface area contributed by atoms with Crippen LogP contribution in [-0.2, 0) is 12.8 Å². The first-order valence-electron chi connectivity index (χ1n) is 6.36. The number of aromatic carboxylic acids is 1. The van der Waals surface area contributed by atoms with Crippen molar-refractivity contribution in [3.8, 4) is 0 Å². The lowest BCUT2D eigenvalue weighted by Crippen LogP contribution is -2.27. The molecule has 1 aliphatic rings. The van der Waals surface area contributed by atoms with Gasteiger partial charge in [0.15, 0.2) is 5.78 Å². The quantitative estimate of drug-likeness (QED) is 0.865. The minimum Gasteiger partial charge on any atom is -0.477 e. The molecule has 4 heteroatoms. The molecule has 0 bridgehead atoms. The summed E-state index contributed by atoms with van der Waals surface area (Å²) < 4.78 is 0. The molecule has 0 saturated heterocycles. The van der Waals surface area contributed by atoms with Crippen LogP contribution in [-0.4, -0.2) is 21.8 Å². The van der Waals surface area contributed by atoms with Crippen molar-refractivity contribution < 1.29 is 14.7 Å². The van der Waals surface area contributed by atoms with Gasteiger partial charge < -0.3 is 10.1 Å². The second-order valence-electron chi connectivity index (χ2n) is 5.83. The van der Waals surface area contributed by atoms with Crippen LogP contribution in [0.4, 0.5) is 0 Å². The number of carboxylic acids is 1. The third-order valence-corrected chi connectivity index (χ3v) is 3.47. The van der Waals surface area contributed by atoms with E-state index in [0.29, 0.717) is 24.0 Å². The summed E-state index contributed by atoms with van der Waals surface area (Å²) in [6, 6.07) is 0. The zero-order valence-electron chi connectivity index (χ0n) is 11.1. The second kappa shape index (κ2) is 4.26. The van der Waals surface area contributed by atoms with Crippen LogP contribution in [0.25, 0.3) is 0 Å². The van der Waals surface area contributed by atoms with Gasteiger partial charge in [0.1, 0.15) is 5.69 Å². The monoisotopic (exact) mass is 249 g/mol. The highest BCUT2D eigenvalue weighted by molar-refractivity contribution is 6.03. The smallest absolute Gasteiger partial charge is 0.352 e. The molecule has 0 fully saturated rings. The highest BCUT2D eigenvalue weighted by atomic mass is 16.4. The summed E-state index contributed by atoms with van der Waals surface area (Å²) in [5, 5.41) is 9.22. The molecule has 2 rings (SSSR count). The molecule has 0 unspecified atom stereocenters. The largest absolute Gasteiger partial charge is 0.477 e. The van der Waals surface area contributed by atoms with Crippen molar-refractivity contribution in [2.75, 3.05) is 0 Å². The molecule has 0 saturated carbocycles. The summed E-state index contributed by atoms with van der Waals surface area (Å²) in [5.41, 5.74) is 2.26. The zero-order valence-corrected chi connectivity index (χ0v) is 11.1. The van der Waals surface area contributed by atoms with Gasteiger partial charge in [-0.05, 0) is 23.8 Å². The summed E-state index contributed by atoms with van der Waals surface area (Å²) in [4.78, 5) is 26.4. The highest BCUT2D eigenvalue weighted by Gasteiger charge is 2.35. The van der Waals surface area contributed by atoms with Gasteiger partial charge >= 0.3 is 5.97 Å². The number of carbonyl (C=O) groups is 2. The zero-order chi connectivity index (χ0) is 13.5. The first kappa shape index (κ1) is 12.9. The van der Waals surface area contributed by atoms with Gasteiger partial charge in [-0.2, -0.15) is 0 Å². The number of hydrogen-bond donors (Lipinski definition) is 2. The number of ketones is 1. The van der Waals surface area contributed by atoms with Crippen molar-refractivity contribution >= 4 is 11.8 Å². The Bertz CT molecular complexity index is 511. The Morgan fingerprint density at radius 2 is 2.06 bits per heavy atom. The average molecular weight is 249 g/mol. The van der Waals surface area contributed by atoms with E-state index < -0.39 is 5.97 Å². The molecule has 1 heterocycles. The lowest BCUT2D eigenvalue weighted by molar-refractivity contribution is 0.0689. The minimum atomic E-state index is -0.974. The van der Waals surface area contributed by atoms with E-state index in [0.717, 1.165) is 18.5 Å². The molecule has 18 heavy (non-hydrogen) atoms. The number of carboxylic acid groups (broad SMARTS) is 1. The maximum atomic E-state index is 12.2. The van der Waals surface area contributed by atoms with E-state index in [1.54, 1.807) is 0 Å². The number of H-pyrrole nitrogens is 1. The van der Waals surface area contributed by atoms with Crippen LogP contribution in [0.5, 0.6) is 0 Å². The van der Waals surface area contributed by atoms with Crippen LogP contribution >= 0.6 is 0 Å². The maximum absolute atomic E-state index is 12.2. The Balaban J connectivity index is 2.57. The van der Waals surface area contributed by atoms with Gasteiger partial charge in [0, 0.05) is 17.7 Å². The Kier molecular flexibility index (Phi) is 3.05. The van der Waals surface area contributed by atoms with Crippen LogP contribution < -0.4 is 0 Å². The van der Waals surface area contributed by atoms with Gasteiger partial charge in [-0.15, -0.1) is 0 Å². The molecule has 0 spiro atoms. The molecular weight excluding hydrogens is 230 g/mol. The average Bonchev–Trinajstić information content (AvgIpc) is 2.55. The first-order valence-corrected chi connectivity index (χ1v) is 6.36. The number of fused-ring (bicyclic) bond motifs is 1. The molecular formula is C14H19NO3. The van der Waals surface area contributed by atoms with Gasteiger partial charge in [0.2, 0.25) is 0 Å². The first-order chi connectivity index (χ1) is 8.35. The SMILES string of the molecule is CCCc1c(C(=O)O)[nH]c2c1C(=O)CC(C)(C)C2. The number of carbonyl (C=O) groups excluding carboxylic acids is 1. The summed E-state index contributed by atoms with van der Waals surface area (Å²) in [7, 11) is 0. The number of hydrogen-bond acceptors (Lipinski definition) is 2. The van der Waals surface area contributed by atoms with E-state index in [9.17, 15) is 14.7 Å². The summed E-state index contributed by atoms with van der Waals surface area (Å²) in [5.74, 6) is -0.896. The van der Waals surface area contributed by atoms with Crippen molar-refractivity contribution in [2.45, 2.75) is 46.5 Å². The molecule has 1 aromatic rings. The molecule has 0 aliphatic heterocycles. The van der Waals surface area contributed by atoms with Crippen LogP contribution in [0.2, 0.25) is 0 Å². The number of rotatable bonds is 3. The highest BCUT2D eigenvalue weighted by Crippen LogP contribution is 2.37. The van der Waals surface area contributed by atoms with E-state index in [1.807, 2.05) is 20.8 Å². The number of nitrogens with one attached hydrogen (secondary N) is 1.